The molecule has 3 heterocycles. The molecule has 0 amide bonds. The summed E-state index contributed by atoms with van der Waals surface area (Å²) in [5, 5.41) is 0.250. The SMILES string of the molecule is Fc1cccnc1N1C2CCC1CC(Cl)C2. The summed E-state index contributed by atoms with van der Waals surface area (Å²) in [5.41, 5.74) is 0. The van der Waals surface area contributed by atoms with E-state index in [0.29, 0.717) is 17.9 Å². The molecule has 2 unspecified atom stereocenters. The third kappa shape index (κ3) is 1.58. The van der Waals surface area contributed by atoms with Gasteiger partial charge < -0.3 is 4.90 Å². The lowest BCUT2D eigenvalue weighted by molar-refractivity contribution is 0.460. The Kier molecular flexibility index (Phi) is 2.51. The third-order valence-corrected chi connectivity index (χ3v) is 4.02. The predicted octanol–water partition coefficient (Wildman–Crippen LogP) is 2.96. The van der Waals surface area contributed by atoms with Crippen molar-refractivity contribution < 1.29 is 4.39 Å². The second kappa shape index (κ2) is 3.88. The molecule has 2 atom stereocenters. The fraction of sp³-hybridized carbons (Fsp3) is 0.583. The predicted molar refractivity (Wildman–Crippen MR) is 62.4 cm³/mol. The van der Waals surface area contributed by atoms with Gasteiger partial charge in [0.25, 0.3) is 0 Å². The van der Waals surface area contributed by atoms with E-state index in [1.165, 1.54) is 6.07 Å². The molecule has 1 aromatic heterocycles. The van der Waals surface area contributed by atoms with E-state index in [2.05, 4.69) is 9.88 Å². The van der Waals surface area contributed by atoms with Crippen molar-refractivity contribution in [1.29, 1.82) is 0 Å². The van der Waals surface area contributed by atoms with Crippen LogP contribution in [0.25, 0.3) is 0 Å². The number of hydrogen-bond acceptors (Lipinski definition) is 2. The number of pyridine rings is 1. The summed E-state index contributed by atoms with van der Waals surface area (Å²) in [4.78, 5) is 6.32. The van der Waals surface area contributed by atoms with Crippen molar-refractivity contribution in [1.82, 2.24) is 4.98 Å². The largest absolute Gasteiger partial charge is 0.348 e. The molecule has 1 aromatic rings. The van der Waals surface area contributed by atoms with Gasteiger partial charge >= 0.3 is 0 Å². The van der Waals surface area contributed by atoms with Crippen LogP contribution in [0.1, 0.15) is 25.7 Å². The minimum Gasteiger partial charge on any atom is -0.348 e. The van der Waals surface area contributed by atoms with Gasteiger partial charge in [0.2, 0.25) is 0 Å². The number of alkyl halides is 1. The Morgan fingerprint density at radius 3 is 2.62 bits per heavy atom. The van der Waals surface area contributed by atoms with Gasteiger partial charge in [-0.25, -0.2) is 9.37 Å². The van der Waals surface area contributed by atoms with Crippen LogP contribution in [0.2, 0.25) is 0 Å². The molecule has 0 radical (unpaired) electrons. The zero-order valence-corrected chi connectivity index (χ0v) is 9.70. The zero-order valence-electron chi connectivity index (χ0n) is 8.94. The van der Waals surface area contributed by atoms with Crippen LogP contribution >= 0.6 is 11.6 Å². The Bertz CT molecular complexity index is 384. The van der Waals surface area contributed by atoms with Gasteiger partial charge in [0.15, 0.2) is 11.6 Å². The van der Waals surface area contributed by atoms with Crippen LogP contribution < -0.4 is 4.90 Å². The number of hydrogen-bond donors (Lipinski definition) is 0. The Hall–Kier alpha value is -0.830. The Morgan fingerprint density at radius 2 is 2.00 bits per heavy atom. The highest BCUT2D eigenvalue weighted by Gasteiger charge is 2.41. The van der Waals surface area contributed by atoms with Gasteiger partial charge in [-0.15, -0.1) is 11.6 Å². The van der Waals surface area contributed by atoms with E-state index >= 15 is 0 Å². The molecule has 0 aromatic carbocycles. The molecule has 0 N–H and O–H groups in total. The smallest absolute Gasteiger partial charge is 0.165 e. The minimum absolute atomic E-state index is 0.215. The lowest BCUT2D eigenvalue weighted by Crippen LogP contribution is -2.44. The van der Waals surface area contributed by atoms with Crippen LogP contribution in [0.3, 0.4) is 0 Å². The molecule has 2 fully saturated rings. The van der Waals surface area contributed by atoms with E-state index in [1.807, 2.05) is 0 Å². The highest BCUT2D eigenvalue weighted by molar-refractivity contribution is 6.20. The van der Waals surface area contributed by atoms with Crippen molar-refractivity contribution in [2.45, 2.75) is 43.1 Å². The number of anilines is 1. The summed E-state index contributed by atoms with van der Waals surface area (Å²) in [6.07, 6.45) is 5.79. The molecule has 2 aliphatic rings. The quantitative estimate of drug-likeness (QED) is 0.702. The van der Waals surface area contributed by atoms with Gasteiger partial charge in [0.05, 0.1) is 0 Å². The number of halogens is 2. The minimum atomic E-state index is -0.215. The van der Waals surface area contributed by atoms with E-state index < -0.39 is 0 Å². The molecule has 16 heavy (non-hydrogen) atoms. The first kappa shape index (κ1) is 10.3. The van der Waals surface area contributed by atoms with Crippen LogP contribution in [0.5, 0.6) is 0 Å². The fourth-order valence-corrected chi connectivity index (χ4v) is 3.44. The van der Waals surface area contributed by atoms with Crippen molar-refractivity contribution in [3.8, 4) is 0 Å². The van der Waals surface area contributed by atoms with Gasteiger partial charge in [-0.05, 0) is 37.8 Å². The topological polar surface area (TPSA) is 16.1 Å². The number of aromatic nitrogens is 1. The normalized spacial score (nSPS) is 33.1. The number of fused-ring (bicyclic) bond motifs is 2. The average molecular weight is 241 g/mol. The van der Waals surface area contributed by atoms with Crippen LogP contribution in [0.15, 0.2) is 18.3 Å². The maximum atomic E-state index is 13.7. The van der Waals surface area contributed by atoms with Gasteiger partial charge in [0, 0.05) is 23.7 Å². The molecule has 2 nitrogen and oxygen atoms in total. The highest BCUT2D eigenvalue weighted by atomic mass is 35.5. The zero-order chi connectivity index (χ0) is 11.1. The molecular formula is C12H14ClFN2. The standard InChI is InChI=1S/C12H14ClFN2/c13-8-6-9-3-4-10(7-8)16(9)12-11(14)2-1-5-15-12/h1-2,5,8-10H,3-4,6-7H2. The monoisotopic (exact) mass is 240 g/mol. The van der Waals surface area contributed by atoms with Gasteiger partial charge in [0.1, 0.15) is 0 Å². The molecule has 0 saturated carbocycles. The molecule has 3 rings (SSSR count). The lowest BCUT2D eigenvalue weighted by Gasteiger charge is -2.37. The third-order valence-electron chi connectivity index (χ3n) is 3.66. The molecule has 4 heteroatoms. The van der Waals surface area contributed by atoms with Crippen molar-refractivity contribution in [2.75, 3.05) is 4.90 Å². The Labute approximate surface area is 99.4 Å². The number of rotatable bonds is 1. The molecule has 2 saturated heterocycles. The molecule has 86 valence electrons. The van der Waals surface area contributed by atoms with Crippen LogP contribution in [-0.2, 0) is 0 Å². The fourth-order valence-electron chi connectivity index (χ4n) is 3.02. The summed E-state index contributed by atoms with van der Waals surface area (Å²) >= 11 is 6.20. The van der Waals surface area contributed by atoms with Crippen molar-refractivity contribution >= 4 is 17.4 Å². The molecule has 2 bridgehead atoms. The Balaban J connectivity index is 1.94. The van der Waals surface area contributed by atoms with Crippen molar-refractivity contribution in [3.05, 3.63) is 24.1 Å². The summed E-state index contributed by atoms with van der Waals surface area (Å²) in [6, 6.07) is 3.88. The lowest BCUT2D eigenvalue weighted by atomic mass is 10.0. The van der Waals surface area contributed by atoms with Crippen LogP contribution in [0, 0.1) is 5.82 Å². The second-order valence-corrected chi connectivity index (χ2v) is 5.29. The second-order valence-electron chi connectivity index (χ2n) is 4.67. The summed E-state index contributed by atoms with van der Waals surface area (Å²) in [6.45, 7) is 0. The van der Waals surface area contributed by atoms with E-state index in [4.69, 9.17) is 11.6 Å². The van der Waals surface area contributed by atoms with Crippen molar-refractivity contribution in [3.63, 3.8) is 0 Å². The van der Waals surface area contributed by atoms with E-state index in [9.17, 15) is 4.39 Å². The average Bonchev–Trinajstić information content (AvgIpc) is 2.53. The van der Waals surface area contributed by atoms with Gasteiger partial charge in [-0.2, -0.15) is 0 Å². The van der Waals surface area contributed by atoms with E-state index in [-0.39, 0.29) is 11.2 Å². The van der Waals surface area contributed by atoms with Gasteiger partial charge in [-0.1, -0.05) is 0 Å². The summed E-state index contributed by atoms with van der Waals surface area (Å²) < 4.78 is 13.7. The summed E-state index contributed by atoms with van der Waals surface area (Å²) in [5.74, 6) is 0.297. The first-order valence-corrected chi connectivity index (χ1v) is 6.22. The number of piperidine rings is 1. The molecule has 0 aliphatic carbocycles. The molecule has 2 aliphatic heterocycles. The molecule has 0 spiro atoms. The van der Waals surface area contributed by atoms with Crippen molar-refractivity contribution in [2.24, 2.45) is 0 Å². The Morgan fingerprint density at radius 1 is 1.31 bits per heavy atom. The number of nitrogens with zero attached hydrogens (tertiary/aromatic N) is 2. The summed E-state index contributed by atoms with van der Waals surface area (Å²) in [7, 11) is 0. The van der Waals surface area contributed by atoms with Gasteiger partial charge in [-0.3, -0.25) is 0 Å². The molecular weight excluding hydrogens is 227 g/mol. The van der Waals surface area contributed by atoms with E-state index in [1.54, 1.807) is 12.3 Å². The first-order valence-electron chi connectivity index (χ1n) is 5.78. The first-order chi connectivity index (χ1) is 7.75. The van der Waals surface area contributed by atoms with Crippen LogP contribution in [-0.4, -0.2) is 22.4 Å². The van der Waals surface area contributed by atoms with Crippen LogP contribution in [0.4, 0.5) is 10.2 Å². The maximum absolute atomic E-state index is 13.7. The van der Waals surface area contributed by atoms with E-state index in [0.717, 1.165) is 25.7 Å². The highest BCUT2D eigenvalue weighted by Crippen LogP contribution is 2.40. The maximum Gasteiger partial charge on any atom is 0.165 e.